The van der Waals surface area contributed by atoms with Crippen LogP contribution in [0.25, 0.3) is 11.2 Å². The first-order valence-corrected chi connectivity index (χ1v) is 5.03. The summed E-state index contributed by atoms with van der Waals surface area (Å²) >= 11 is 0. The second-order valence-electron chi connectivity index (χ2n) is 3.49. The van der Waals surface area contributed by atoms with Crippen LogP contribution in [-0.4, -0.2) is 25.0 Å². The third kappa shape index (κ3) is 1.76. The van der Waals surface area contributed by atoms with Crippen LogP contribution in [-0.2, 0) is 0 Å². The quantitative estimate of drug-likeness (QED) is 0.581. The number of phenols is 1. The van der Waals surface area contributed by atoms with E-state index in [4.69, 9.17) is 0 Å². The van der Waals surface area contributed by atoms with Gasteiger partial charge in [-0.05, 0) is 24.3 Å². The van der Waals surface area contributed by atoms with Crippen molar-refractivity contribution in [2.75, 3.05) is 5.32 Å². The van der Waals surface area contributed by atoms with Crippen molar-refractivity contribution in [1.29, 1.82) is 0 Å². The summed E-state index contributed by atoms with van der Waals surface area (Å²) in [5.41, 5.74) is 2.19. The van der Waals surface area contributed by atoms with Crippen LogP contribution in [0.5, 0.6) is 5.75 Å². The fourth-order valence-electron chi connectivity index (χ4n) is 1.54. The molecule has 0 aliphatic heterocycles. The van der Waals surface area contributed by atoms with E-state index in [0.29, 0.717) is 17.0 Å². The maximum Gasteiger partial charge on any atom is 0.162 e. The van der Waals surface area contributed by atoms with Crippen LogP contribution in [0.4, 0.5) is 11.5 Å². The molecule has 84 valence electrons. The first kappa shape index (κ1) is 9.59. The van der Waals surface area contributed by atoms with Gasteiger partial charge in [-0.15, -0.1) is 0 Å². The Balaban J connectivity index is 1.99. The molecule has 0 saturated carbocycles. The second-order valence-corrected chi connectivity index (χ2v) is 3.49. The molecule has 0 radical (unpaired) electrons. The zero-order chi connectivity index (χ0) is 11.7. The van der Waals surface area contributed by atoms with Gasteiger partial charge in [0.25, 0.3) is 0 Å². The average molecular weight is 227 g/mol. The van der Waals surface area contributed by atoms with Gasteiger partial charge < -0.3 is 15.4 Å². The zero-order valence-electron chi connectivity index (χ0n) is 8.75. The second kappa shape index (κ2) is 3.75. The highest BCUT2D eigenvalue weighted by Gasteiger charge is 2.05. The van der Waals surface area contributed by atoms with Crippen molar-refractivity contribution in [3.8, 4) is 5.75 Å². The molecule has 6 heteroatoms. The van der Waals surface area contributed by atoms with E-state index in [1.165, 1.54) is 6.33 Å². The van der Waals surface area contributed by atoms with E-state index in [2.05, 4.69) is 25.3 Å². The minimum atomic E-state index is 0.225. The maximum absolute atomic E-state index is 9.19. The largest absolute Gasteiger partial charge is 0.508 e. The van der Waals surface area contributed by atoms with Crippen LogP contribution in [0.15, 0.2) is 36.9 Å². The van der Waals surface area contributed by atoms with E-state index in [1.54, 1.807) is 30.6 Å². The summed E-state index contributed by atoms with van der Waals surface area (Å²) < 4.78 is 0. The number of phenolic OH excluding ortho intramolecular Hbond substituents is 1. The number of aromatic amines is 1. The summed E-state index contributed by atoms with van der Waals surface area (Å²) in [7, 11) is 0. The molecule has 17 heavy (non-hydrogen) atoms. The van der Waals surface area contributed by atoms with Gasteiger partial charge in [-0.1, -0.05) is 0 Å². The highest BCUT2D eigenvalue weighted by Crippen LogP contribution is 2.21. The lowest BCUT2D eigenvalue weighted by molar-refractivity contribution is 0.475. The number of nitrogens with zero attached hydrogens (tertiary/aromatic N) is 3. The van der Waals surface area contributed by atoms with Crippen molar-refractivity contribution in [2.45, 2.75) is 0 Å². The molecule has 0 unspecified atom stereocenters. The third-order valence-corrected chi connectivity index (χ3v) is 2.35. The van der Waals surface area contributed by atoms with Crippen LogP contribution in [0, 0.1) is 0 Å². The van der Waals surface area contributed by atoms with Gasteiger partial charge in [0.15, 0.2) is 17.0 Å². The fourth-order valence-corrected chi connectivity index (χ4v) is 1.54. The normalized spacial score (nSPS) is 10.6. The van der Waals surface area contributed by atoms with Crippen LogP contribution in [0.2, 0.25) is 0 Å². The first-order valence-electron chi connectivity index (χ1n) is 5.03. The van der Waals surface area contributed by atoms with Crippen molar-refractivity contribution in [3.05, 3.63) is 36.9 Å². The van der Waals surface area contributed by atoms with E-state index in [0.717, 1.165) is 5.69 Å². The Kier molecular flexibility index (Phi) is 2.11. The Labute approximate surface area is 96.4 Å². The number of hydrogen-bond acceptors (Lipinski definition) is 5. The van der Waals surface area contributed by atoms with Crippen molar-refractivity contribution in [2.24, 2.45) is 0 Å². The van der Waals surface area contributed by atoms with Crippen LogP contribution in [0.1, 0.15) is 0 Å². The molecule has 6 nitrogen and oxygen atoms in total. The fraction of sp³-hybridized carbons (Fsp3) is 0. The topological polar surface area (TPSA) is 86.7 Å². The Hall–Kier alpha value is -2.63. The van der Waals surface area contributed by atoms with E-state index in [-0.39, 0.29) is 5.75 Å². The minimum absolute atomic E-state index is 0.225. The molecule has 1 aromatic carbocycles. The molecule has 3 rings (SSSR count). The number of anilines is 2. The minimum Gasteiger partial charge on any atom is -0.508 e. The van der Waals surface area contributed by atoms with E-state index < -0.39 is 0 Å². The monoisotopic (exact) mass is 227 g/mol. The standard InChI is InChI=1S/C11H9N5O/c17-8-3-1-7(2-4-8)16-11-9-10(13-5-12-9)14-6-15-11/h1-6,17H,(H2,12,13,14,15,16). The van der Waals surface area contributed by atoms with Gasteiger partial charge >= 0.3 is 0 Å². The lowest BCUT2D eigenvalue weighted by Crippen LogP contribution is -1.95. The van der Waals surface area contributed by atoms with Crippen molar-refractivity contribution in [1.82, 2.24) is 19.9 Å². The molecule has 0 aliphatic carbocycles. The number of hydrogen-bond donors (Lipinski definition) is 3. The SMILES string of the molecule is Oc1ccc(Nc2ncnc3[nH]cnc23)cc1. The van der Waals surface area contributed by atoms with Gasteiger partial charge in [-0.3, -0.25) is 0 Å². The lowest BCUT2D eigenvalue weighted by Gasteiger charge is -2.05. The van der Waals surface area contributed by atoms with Crippen molar-refractivity contribution < 1.29 is 5.11 Å². The van der Waals surface area contributed by atoms with Crippen molar-refractivity contribution >= 4 is 22.7 Å². The summed E-state index contributed by atoms with van der Waals surface area (Å²) in [4.78, 5) is 15.2. The highest BCUT2D eigenvalue weighted by molar-refractivity contribution is 5.84. The van der Waals surface area contributed by atoms with Crippen LogP contribution in [0.3, 0.4) is 0 Å². The number of H-pyrrole nitrogens is 1. The van der Waals surface area contributed by atoms with Gasteiger partial charge in [0.2, 0.25) is 0 Å². The Morgan fingerprint density at radius 2 is 1.88 bits per heavy atom. The molecule has 0 amide bonds. The molecule has 3 aromatic rings. The Morgan fingerprint density at radius 1 is 1.06 bits per heavy atom. The summed E-state index contributed by atoms with van der Waals surface area (Å²) in [6.07, 6.45) is 3.03. The van der Waals surface area contributed by atoms with E-state index >= 15 is 0 Å². The van der Waals surface area contributed by atoms with Gasteiger partial charge in [-0.2, -0.15) is 0 Å². The number of nitrogens with one attached hydrogen (secondary N) is 2. The summed E-state index contributed by atoms with van der Waals surface area (Å²) in [6, 6.07) is 6.72. The van der Waals surface area contributed by atoms with E-state index in [1.807, 2.05) is 0 Å². The van der Waals surface area contributed by atoms with Crippen molar-refractivity contribution in [3.63, 3.8) is 0 Å². The smallest absolute Gasteiger partial charge is 0.162 e. The number of fused-ring (bicyclic) bond motifs is 1. The summed E-state index contributed by atoms with van der Waals surface area (Å²) in [5, 5.41) is 12.3. The number of aromatic nitrogens is 4. The molecule has 0 atom stereocenters. The highest BCUT2D eigenvalue weighted by atomic mass is 16.3. The number of aromatic hydroxyl groups is 1. The van der Waals surface area contributed by atoms with Gasteiger partial charge in [0.05, 0.1) is 6.33 Å². The molecular weight excluding hydrogens is 218 g/mol. The van der Waals surface area contributed by atoms with E-state index in [9.17, 15) is 5.11 Å². The molecule has 2 aromatic heterocycles. The van der Waals surface area contributed by atoms with Gasteiger partial charge in [-0.25, -0.2) is 15.0 Å². The lowest BCUT2D eigenvalue weighted by atomic mass is 10.3. The molecule has 0 fully saturated rings. The number of benzene rings is 1. The maximum atomic E-state index is 9.19. The molecule has 0 aliphatic rings. The molecule has 2 heterocycles. The van der Waals surface area contributed by atoms with Crippen LogP contribution < -0.4 is 5.32 Å². The molecule has 0 bridgehead atoms. The molecule has 3 N–H and O–H groups in total. The summed E-state index contributed by atoms with van der Waals surface area (Å²) in [6.45, 7) is 0. The molecule has 0 spiro atoms. The van der Waals surface area contributed by atoms with Gasteiger partial charge in [0.1, 0.15) is 12.1 Å². The molecule has 0 saturated heterocycles. The number of rotatable bonds is 2. The predicted octanol–water partition coefficient (Wildman–Crippen LogP) is 1.80. The van der Waals surface area contributed by atoms with Crippen LogP contribution >= 0.6 is 0 Å². The van der Waals surface area contributed by atoms with Gasteiger partial charge in [0, 0.05) is 5.69 Å². The Bertz CT molecular complexity index is 646. The third-order valence-electron chi connectivity index (χ3n) is 2.35. The first-order chi connectivity index (χ1) is 8.33. The Morgan fingerprint density at radius 3 is 2.71 bits per heavy atom. The molecular formula is C11H9N5O. The average Bonchev–Trinajstić information content (AvgIpc) is 2.81. The predicted molar refractivity (Wildman–Crippen MR) is 63.1 cm³/mol. The zero-order valence-corrected chi connectivity index (χ0v) is 8.75. The summed E-state index contributed by atoms with van der Waals surface area (Å²) in [5.74, 6) is 0.852. The number of imidazole rings is 1.